The van der Waals surface area contributed by atoms with Crippen molar-refractivity contribution in [2.45, 2.75) is 13.5 Å². The molecule has 0 fully saturated rings. The Morgan fingerprint density at radius 2 is 2.28 bits per heavy atom. The minimum atomic E-state index is -0.477. The molecule has 0 N–H and O–H groups in total. The summed E-state index contributed by atoms with van der Waals surface area (Å²) in [5, 5.41) is 18.8. The highest BCUT2D eigenvalue weighted by atomic mass is 35.5. The van der Waals surface area contributed by atoms with Crippen molar-refractivity contribution >= 4 is 28.6 Å². The van der Waals surface area contributed by atoms with Crippen LogP contribution in [0.3, 0.4) is 0 Å². The Morgan fingerprint density at radius 3 is 2.89 bits per heavy atom. The molecule has 0 radical (unpaired) electrons. The van der Waals surface area contributed by atoms with Gasteiger partial charge in [0.15, 0.2) is 10.8 Å². The number of hydrogen-bond donors (Lipinski definition) is 0. The first-order valence-electron chi connectivity index (χ1n) is 4.92. The molecule has 0 saturated carbocycles. The van der Waals surface area contributed by atoms with Crippen LogP contribution < -0.4 is 4.74 Å². The summed E-state index contributed by atoms with van der Waals surface area (Å²) in [7, 11) is 0. The molecule has 0 amide bonds. The molecule has 0 spiro atoms. The standard InChI is InChI=1S/C10H8ClN3O3S/c1-6-3-2-4-7(14(15)16)9(6)17-5-8-12-13-10(11)18-8/h2-4H,5H2,1H3. The monoisotopic (exact) mass is 285 g/mol. The lowest BCUT2D eigenvalue weighted by molar-refractivity contribution is -0.386. The molecule has 0 atom stereocenters. The van der Waals surface area contributed by atoms with E-state index in [2.05, 4.69) is 10.2 Å². The SMILES string of the molecule is Cc1cccc([N+](=O)[O-])c1OCc1nnc(Cl)s1. The van der Waals surface area contributed by atoms with Gasteiger partial charge in [0.1, 0.15) is 6.61 Å². The molecule has 0 saturated heterocycles. The lowest BCUT2D eigenvalue weighted by Gasteiger charge is -2.07. The highest BCUT2D eigenvalue weighted by Crippen LogP contribution is 2.31. The number of nitrogens with zero attached hydrogens (tertiary/aromatic N) is 3. The van der Waals surface area contributed by atoms with Gasteiger partial charge in [0.2, 0.25) is 4.47 Å². The van der Waals surface area contributed by atoms with Gasteiger partial charge >= 0.3 is 5.69 Å². The number of hydrogen-bond acceptors (Lipinski definition) is 6. The number of benzene rings is 1. The van der Waals surface area contributed by atoms with Crippen LogP contribution in [0.1, 0.15) is 10.6 Å². The number of ether oxygens (including phenoxy) is 1. The van der Waals surface area contributed by atoms with Crippen LogP contribution in [0, 0.1) is 17.0 Å². The van der Waals surface area contributed by atoms with Crippen LogP contribution in [-0.2, 0) is 6.61 Å². The molecule has 0 aliphatic rings. The smallest absolute Gasteiger partial charge is 0.311 e. The zero-order valence-corrected chi connectivity index (χ0v) is 10.9. The van der Waals surface area contributed by atoms with E-state index in [0.29, 0.717) is 15.0 Å². The summed E-state index contributed by atoms with van der Waals surface area (Å²) >= 11 is 6.81. The average Bonchev–Trinajstić information content (AvgIpc) is 2.73. The topological polar surface area (TPSA) is 78.2 Å². The van der Waals surface area contributed by atoms with Gasteiger partial charge in [-0.2, -0.15) is 0 Å². The maximum Gasteiger partial charge on any atom is 0.311 e. The summed E-state index contributed by atoms with van der Waals surface area (Å²) in [6.07, 6.45) is 0. The molecule has 1 heterocycles. The molecule has 18 heavy (non-hydrogen) atoms. The fourth-order valence-electron chi connectivity index (χ4n) is 1.39. The van der Waals surface area contributed by atoms with E-state index in [-0.39, 0.29) is 18.0 Å². The van der Waals surface area contributed by atoms with Crippen LogP contribution in [0.2, 0.25) is 4.47 Å². The molecule has 0 bridgehead atoms. The zero-order chi connectivity index (χ0) is 13.1. The summed E-state index contributed by atoms with van der Waals surface area (Å²) in [4.78, 5) is 10.4. The molecule has 0 unspecified atom stereocenters. The number of rotatable bonds is 4. The van der Waals surface area contributed by atoms with E-state index in [1.54, 1.807) is 19.1 Å². The Hall–Kier alpha value is -1.73. The third-order valence-electron chi connectivity index (χ3n) is 2.17. The van der Waals surface area contributed by atoms with E-state index in [1.807, 2.05) is 0 Å². The lowest BCUT2D eigenvalue weighted by Crippen LogP contribution is -2.00. The van der Waals surface area contributed by atoms with Crippen LogP contribution in [0.15, 0.2) is 18.2 Å². The molecule has 8 heteroatoms. The number of nitro groups is 1. The van der Waals surface area contributed by atoms with Crippen LogP contribution in [0.5, 0.6) is 5.75 Å². The van der Waals surface area contributed by atoms with Gasteiger partial charge in [0, 0.05) is 6.07 Å². The van der Waals surface area contributed by atoms with Crippen molar-refractivity contribution in [1.82, 2.24) is 10.2 Å². The van der Waals surface area contributed by atoms with Gasteiger partial charge in [-0.3, -0.25) is 10.1 Å². The third kappa shape index (κ3) is 2.74. The number of aryl methyl sites for hydroxylation is 1. The van der Waals surface area contributed by atoms with Crippen molar-refractivity contribution in [3.8, 4) is 5.75 Å². The summed E-state index contributed by atoms with van der Waals surface area (Å²) in [6.45, 7) is 1.85. The first kappa shape index (κ1) is 12.7. The summed E-state index contributed by atoms with van der Waals surface area (Å²) in [5.41, 5.74) is 0.630. The molecule has 1 aromatic heterocycles. The van der Waals surface area contributed by atoms with Gasteiger partial charge in [0.25, 0.3) is 0 Å². The molecule has 2 aromatic rings. The molecular formula is C10H8ClN3O3S. The average molecular weight is 286 g/mol. The summed E-state index contributed by atoms with van der Waals surface area (Å²) < 4.78 is 5.75. The van der Waals surface area contributed by atoms with Crippen molar-refractivity contribution in [3.05, 3.63) is 43.4 Å². The maximum atomic E-state index is 10.9. The van der Waals surface area contributed by atoms with Gasteiger partial charge in [-0.15, -0.1) is 10.2 Å². The molecule has 0 aliphatic heterocycles. The van der Waals surface area contributed by atoms with E-state index < -0.39 is 4.92 Å². The van der Waals surface area contributed by atoms with Gasteiger partial charge in [-0.05, 0) is 24.1 Å². The van der Waals surface area contributed by atoms with E-state index in [0.717, 1.165) is 0 Å². The van der Waals surface area contributed by atoms with Crippen molar-refractivity contribution in [2.75, 3.05) is 0 Å². The van der Waals surface area contributed by atoms with E-state index in [9.17, 15) is 10.1 Å². The molecule has 0 aliphatic carbocycles. The number of aromatic nitrogens is 2. The lowest BCUT2D eigenvalue weighted by atomic mass is 10.2. The van der Waals surface area contributed by atoms with Gasteiger partial charge < -0.3 is 4.74 Å². The van der Waals surface area contributed by atoms with Crippen molar-refractivity contribution in [1.29, 1.82) is 0 Å². The van der Waals surface area contributed by atoms with Crippen molar-refractivity contribution in [3.63, 3.8) is 0 Å². The number of para-hydroxylation sites is 1. The van der Waals surface area contributed by atoms with Crippen molar-refractivity contribution < 1.29 is 9.66 Å². The Bertz CT molecular complexity index is 587. The second kappa shape index (κ2) is 5.28. The predicted molar refractivity (Wildman–Crippen MR) is 67.1 cm³/mol. The molecule has 2 rings (SSSR count). The second-order valence-electron chi connectivity index (χ2n) is 3.42. The molecule has 6 nitrogen and oxygen atoms in total. The largest absolute Gasteiger partial charge is 0.479 e. The van der Waals surface area contributed by atoms with E-state index >= 15 is 0 Å². The minimum absolute atomic E-state index is 0.0642. The second-order valence-corrected chi connectivity index (χ2v) is 5.06. The van der Waals surface area contributed by atoms with E-state index in [4.69, 9.17) is 16.3 Å². The fourth-order valence-corrected chi connectivity index (χ4v) is 2.17. The van der Waals surface area contributed by atoms with Gasteiger partial charge in [-0.1, -0.05) is 23.5 Å². The number of nitro benzene ring substituents is 1. The van der Waals surface area contributed by atoms with Crippen LogP contribution >= 0.6 is 22.9 Å². The van der Waals surface area contributed by atoms with Gasteiger partial charge in [-0.25, -0.2) is 0 Å². The predicted octanol–water partition coefficient (Wildman–Crippen LogP) is 2.99. The normalized spacial score (nSPS) is 10.3. The molecule has 1 aromatic carbocycles. The summed E-state index contributed by atoms with van der Waals surface area (Å²) in [5.74, 6) is 0.244. The quantitative estimate of drug-likeness (QED) is 0.637. The molecule has 94 valence electrons. The fraction of sp³-hybridized carbons (Fsp3) is 0.200. The highest BCUT2D eigenvalue weighted by molar-refractivity contribution is 7.15. The van der Waals surface area contributed by atoms with Crippen LogP contribution in [0.4, 0.5) is 5.69 Å². The Kier molecular flexibility index (Phi) is 3.73. The first-order valence-corrected chi connectivity index (χ1v) is 6.12. The Labute approximate surface area is 111 Å². The maximum absolute atomic E-state index is 10.9. The zero-order valence-electron chi connectivity index (χ0n) is 9.29. The third-order valence-corrected chi connectivity index (χ3v) is 3.16. The number of halogens is 1. The Balaban J connectivity index is 2.20. The minimum Gasteiger partial charge on any atom is -0.479 e. The Morgan fingerprint density at radius 1 is 1.50 bits per heavy atom. The van der Waals surface area contributed by atoms with Gasteiger partial charge in [0.05, 0.1) is 4.92 Å². The first-order chi connectivity index (χ1) is 8.58. The van der Waals surface area contributed by atoms with Crippen molar-refractivity contribution in [2.24, 2.45) is 0 Å². The molecular weight excluding hydrogens is 278 g/mol. The van der Waals surface area contributed by atoms with Crippen LogP contribution in [-0.4, -0.2) is 15.1 Å². The summed E-state index contributed by atoms with van der Waals surface area (Å²) in [6, 6.07) is 4.76. The van der Waals surface area contributed by atoms with Crippen LogP contribution in [0.25, 0.3) is 0 Å². The highest BCUT2D eigenvalue weighted by Gasteiger charge is 2.17. The van der Waals surface area contributed by atoms with E-state index in [1.165, 1.54) is 17.4 Å².